The van der Waals surface area contributed by atoms with E-state index in [1.165, 1.54) is 37.0 Å². The van der Waals surface area contributed by atoms with Gasteiger partial charge in [-0.25, -0.2) is 0 Å². The molecule has 0 aliphatic carbocycles. The van der Waals surface area contributed by atoms with Gasteiger partial charge in [0.25, 0.3) is 0 Å². The first-order chi connectivity index (χ1) is 24.2. The molecule has 11 nitrogen and oxygen atoms in total. The predicted molar refractivity (Wildman–Crippen MR) is 201 cm³/mol. The Kier molecular flexibility index (Phi) is 46.9. The van der Waals surface area contributed by atoms with Crippen LogP contribution >= 0.6 is 15.8 Å². The second-order valence-electron chi connectivity index (χ2n) is 11.6. The molecule has 0 aromatic carbocycles. The minimum absolute atomic E-state index is 0. The molecule has 0 aromatic rings. The molecule has 1 radical (unpaired) electrons. The van der Waals surface area contributed by atoms with Crippen LogP contribution in [0.3, 0.4) is 0 Å². The standard InChI is InChI=1S/C35H73NO9P2.CO.Tc/c1-5-37-15-9-27-46(28-10-16-38-6-2)31-13-36(14-32-47(29-11-17-39-7-3)30-12-18-40-8-4)33-35-34-44-24-23-42-20-19-41-21-22-43-25-26-45-35;1-2;/h35H,5-34H2,1-4H3;;/i;;1+1. The first-order valence-corrected chi connectivity index (χ1v) is 22.6. The normalized spacial score (nSPS) is 16.8. The summed E-state index contributed by atoms with van der Waals surface area (Å²) in [6, 6.07) is 0. The summed E-state index contributed by atoms with van der Waals surface area (Å²) in [5.74, 6) is 0. The zero-order valence-corrected chi connectivity index (χ0v) is 35.7. The molecular weight excluding hydrogens is 767 g/mol. The summed E-state index contributed by atoms with van der Waals surface area (Å²) < 4.78 is 59.7. The molecule has 1 atom stereocenters. The molecule has 1 aliphatic heterocycles. The van der Waals surface area contributed by atoms with E-state index in [1.54, 1.807) is 0 Å². The van der Waals surface area contributed by atoms with Crippen molar-refractivity contribution in [3.05, 3.63) is 6.65 Å². The molecule has 0 amide bonds. The Bertz CT molecular complexity index is 606. The van der Waals surface area contributed by atoms with Crippen LogP contribution in [0.1, 0.15) is 53.4 Å². The molecule has 1 aliphatic rings. The van der Waals surface area contributed by atoms with E-state index in [4.69, 9.17) is 47.3 Å². The molecule has 0 spiro atoms. The van der Waals surface area contributed by atoms with Crippen LogP contribution < -0.4 is 0 Å². The molecule has 0 aromatic heterocycles. The van der Waals surface area contributed by atoms with Crippen LogP contribution in [0.2, 0.25) is 0 Å². The van der Waals surface area contributed by atoms with Crippen LogP contribution in [0.15, 0.2) is 0 Å². The fourth-order valence-electron chi connectivity index (χ4n) is 5.26. The molecule has 14 heteroatoms. The third kappa shape index (κ3) is 35.9. The van der Waals surface area contributed by atoms with Gasteiger partial charge in [0.1, 0.15) is 0 Å². The van der Waals surface area contributed by atoms with Gasteiger partial charge in [-0.05, 0) is 90.3 Å². The maximum absolute atomic E-state index is 7.50. The summed E-state index contributed by atoms with van der Waals surface area (Å²) in [6.07, 6.45) is 12.1. The molecule has 1 rings (SSSR count). The summed E-state index contributed by atoms with van der Waals surface area (Å²) in [6.45, 7) is 27.6. The van der Waals surface area contributed by atoms with E-state index in [0.717, 1.165) is 98.2 Å². The predicted octanol–water partition coefficient (Wildman–Crippen LogP) is 5.38. The summed E-state index contributed by atoms with van der Waals surface area (Å²) >= 11 is 0. The Labute approximate surface area is 322 Å². The van der Waals surface area contributed by atoms with Gasteiger partial charge in [0.05, 0.1) is 65.6 Å². The first-order valence-electron chi connectivity index (χ1n) is 18.8. The molecular formula is C36H73NO10P2Tc. The molecule has 1 unspecified atom stereocenters. The van der Waals surface area contributed by atoms with E-state index in [0.29, 0.717) is 59.5 Å². The van der Waals surface area contributed by atoms with Gasteiger partial charge >= 0.3 is 11.3 Å². The fraction of sp³-hybridized carbons (Fsp3) is 0.972. The van der Waals surface area contributed by atoms with Crippen LogP contribution in [0.4, 0.5) is 0 Å². The van der Waals surface area contributed by atoms with E-state index >= 15 is 0 Å². The van der Waals surface area contributed by atoms with Crippen molar-refractivity contribution in [3.8, 4) is 0 Å². The van der Waals surface area contributed by atoms with Crippen LogP contribution in [-0.2, 0) is 67.4 Å². The van der Waals surface area contributed by atoms with Crippen molar-refractivity contribution in [1.29, 1.82) is 0 Å². The Hall–Kier alpha value is 0.849. The van der Waals surface area contributed by atoms with E-state index < -0.39 is 0 Å². The van der Waals surface area contributed by atoms with Crippen molar-refractivity contribution in [2.45, 2.75) is 59.5 Å². The monoisotopic (exact) mass is 840 g/mol. The van der Waals surface area contributed by atoms with E-state index in [2.05, 4.69) is 39.2 Å². The molecule has 0 saturated carbocycles. The minimum atomic E-state index is -0.0846. The van der Waals surface area contributed by atoms with Gasteiger partial charge in [-0.15, -0.1) is 15.8 Å². The average Bonchev–Trinajstić information content (AvgIpc) is 3.13. The number of hydrogen-bond acceptors (Lipinski definition) is 10. The van der Waals surface area contributed by atoms with Gasteiger partial charge in [-0.3, -0.25) is 4.90 Å². The van der Waals surface area contributed by atoms with Crippen LogP contribution in [0.5, 0.6) is 0 Å². The Morgan fingerprint density at radius 3 is 1.24 bits per heavy atom. The number of nitrogens with zero attached hydrogens (tertiary/aromatic N) is 1. The fourth-order valence-corrected chi connectivity index (χ4v) is 10.0. The third-order valence-corrected chi connectivity index (χ3v) is 13.3. The summed E-state index contributed by atoms with van der Waals surface area (Å²) in [5.41, 5.74) is 0. The van der Waals surface area contributed by atoms with Crippen LogP contribution in [0, 0.1) is 6.65 Å². The van der Waals surface area contributed by atoms with Gasteiger partial charge in [-0.2, -0.15) is 0 Å². The van der Waals surface area contributed by atoms with E-state index in [9.17, 15) is 0 Å². The first kappa shape index (κ1) is 53.0. The van der Waals surface area contributed by atoms with Gasteiger partial charge in [0.15, 0.2) is 0 Å². The molecule has 0 N–H and O–H groups in total. The third-order valence-electron chi connectivity index (χ3n) is 7.80. The van der Waals surface area contributed by atoms with Crippen LogP contribution in [0.25, 0.3) is 0 Å². The van der Waals surface area contributed by atoms with Crippen molar-refractivity contribution < 1.29 is 67.4 Å². The quantitative estimate of drug-likeness (QED) is 0.0442. The Balaban J connectivity index is 0. The molecule has 50 heavy (non-hydrogen) atoms. The summed E-state index contributed by atoms with van der Waals surface area (Å²) in [5, 5.41) is 0. The van der Waals surface area contributed by atoms with Crippen molar-refractivity contribution >= 4 is 15.8 Å². The molecule has 1 heterocycles. The number of hydrogen-bond donors (Lipinski definition) is 0. The molecule has 299 valence electrons. The average molecular weight is 841 g/mol. The van der Waals surface area contributed by atoms with Crippen LogP contribution in [-0.4, -0.2) is 180 Å². The maximum atomic E-state index is 7.50. The van der Waals surface area contributed by atoms with Crippen molar-refractivity contribution in [1.82, 2.24) is 4.90 Å². The summed E-state index contributed by atoms with van der Waals surface area (Å²) in [7, 11) is -0.169. The van der Waals surface area contributed by atoms with E-state index in [1.807, 2.05) is 0 Å². The topological polar surface area (TPSA) is 106 Å². The molecule has 0 bridgehead atoms. The zero-order chi connectivity index (χ0) is 35.9. The second-order valence-corrected chi connectivity index (χ2v) is 17.0. The van der Waals surface area contributed by atoms with Gasteiger partial charge < -0.3 is 42.6 Å². The van der Waals surface area contributed by atoms with Crippen molar-refractivity contribution in [3.63, 3.8) is 0 Å². The SMILES string of the molecule is CCOCCCP(CCCOCC)CCN(CCP(CCCOCC)CCCOCC)CC1COCCOCCOCCOCCO1.[99Tc].[C-]#[O+]. The summed E-state index contributed by atoms with van der Waals surface area (Å²) in [4.78, 5) is 2.67. The Morgan fingerprint density at radius 1 is 0.540 bits per heavy atom. The van der Waals surface area contributed by atoms with Gasteiger partial charge in [0, 0.05) is 92.6 Å². The van der Waals surface area contributed by atoms with E-state index in [-0.39, 0.29) is 42.1 Å². The van der Waals surface area contributed by atoms with Gasteiger partial charge in [0.2, 0.25) is 0 Å². The molecule has 1 fully saturated rings. The second kappa shape index (κ2) is 44.2. The number of ether oxygens (including phenoxy) is 9. The molecule has 1 saturated heterocycles. The Morgan fingerprint density at radius 2 is 0.880 bits per heavy atom. The number of rotatable bonds is 28. The van der Waals surface area contributed by atoms with Gasteiger partial charge in [-0.1, -0.05) is 0 Å². The zero-order valence-electron chi connectivity index (χ0n) is 32.1. The van der Waals surface area contributed by atoms with Crippen molar-refractivity contribution in [2.24, 2.45) is 0 Å². The van der Waals surface area contributed by atoms with Crippen molar-refractivity contribution in [2.75, 3.05) is 169 Å².